The van der Waals surface area contributed by atoms with Gasteiger partial charge in [-0.05, 0) is 32.2 Å². The van der Waals surface area contributed by atoms with Crippen molar-refractivity contribution >= 4 is 0 Å². The summed E-state index contributed by atoms with van der Waals surface area (Å²) in [6, 6.07) is 0.315. The van der Waals surface area contributed by atoms with Crippen LogP contribution in [-0.4, -0.2) is 44.0 Å². The first-order chi connectivity index (χ1) is 8.88. The third kappa shape index (κ3) is 2.29. The van der Waals surface area contributed by atoms with Crippen LogP contribution in [0.25, 0.3) is 0 Å². The topological polar surface area (TPSA) is 54.2 Å². The van der Waals surface area contributed by atoms with Crippen molar-refractivity contribution in [1.82, 2.24) is 19.7 Å². The van der Waals surface area contributed by atoms with Gasteiger partial charge in [-0.2, -0.15) is 0 Å². The van der Waals surface area contributed by atoms with Crippen LogP contribution in [0.15, 0.2) is 0 Å². The standard InChI is InChI=1S/C13H22N4O/c18-10-11-5-1-3-7-16(11)9-13-15-14-12-6-2-4-8-17(12)13/h11,18H,1-10H2. The van der Waals surface area contributed by atoms with Crippen LogP contribution in [0.2, 0.25) is 0 Å². The van der Waals surface area contributed by atoms with E-state index < -0.39 is 0 Å². The van der Waals surface area contributed by atoms with Crippen molar-refractivity contribution in [2.45, 2.75) is 57.7 Å². The molecular formula is C13H22N4O. The van der Waals surface area contributed by atoms with Crippen LogP contribution >= 0.6 is 0 Å². The second-order valence-electron chi connectivity index (χ2n) is 5.44. The first-order valence-corrected chi connectivity index (χ1v) is 7.14. The Morgan fingerprint density at radius 2 is 2.00 bits per heavy atom. The summed E-state index contributed by atoms with van der Waals surface area (Å²) < 4.78 is 2.28. The van der Waals surface area contributed by atoms with E-state index in [4.69, 9.17) is 0 Å². The molecule has 1 N–H and O–H groups in total. The Morgan fingerprint density at radius 1 is 1.11 bits per heavy atom. The van der Waals surface area contributed by atoms with Crippen molar-refractivity contribution in [3.05, 3.63) is 11.6 Å². The van der Waals surface area contributed by atoms with Gasteiger partial charge in [0.25, 0.3) is 0 Å². The quantitative estimate of drug-likeness (QED) is 0.868. The number of hydrogen-bond donors (Lipinski definition) is 1. The highest BCUT2D eigenvalue weighted by Crippen LogP contribution is 2.20. The molecule has 2 aliphatic rings. The minimum Gasteiger partial charge on any atom is -0.395 e. The molecule has 5 nitrogen and oxygen atoms in total. The Kier molecular flexibility index (Phi) is 3.61. The maximum atomic E-state index is 9.44. The molecule has 18 heavy (non-hydrogen) atoms. The van der Waals surface area contributed by atoms with Gasteiger partial charge in [0.15, 0.2) is 0 Å². The van der Waals surface area contributed by atoms with Crippen molar-refractivity contribution in [1.29, 1.82) is 0 Å². The molecule has 0 spiro atoms. The molecule has 0 bridgehead atoms. The first-order valence-electron chi connectivity index (χ1n) is 7.14. The molecule has 0 aromatic carbocycles. The minimum atomic E-state index is 0.265. The summed E-state index contributed by atoms with van der Waals surface area (Å²) in [5.74, 6) is 2.24. The first kappa shape index (κ1) is 12.1. The predicted molar refractivity (Wildman–Crippen MR) is 68.1 cm³/mol. The predicted octanol–water partition coefficient (Wildman–Crippen LogP) is 0.961. The molecule has 0 saturated carbocycles. The molecule has 1 unspecified atom stereocenters. The summed E-state index contributed by atoms with van der Waals surface area (Å²) in [5.41, 5.74) is 0. The summed E-state index contributed by atoms with van der Waals surface area (Å²) in [6.07, 6.45) is 7.12. The monoisotopic (exact) mass is 250 g/mol. The van der Waals surface area contributed by atoms with Gasteiger partial charge in [0.1, 0.15) is 11.6 Å². The minimum absolute atomic E-state index is 0.265. The number of piperidine rings is 1. The Hall–Kier alpha value is -0.940. The number of aliphatic hydroxyl groups excluding tert-OH is 1. The zero-order valence-corrected chi connectivity index (χ0v) is 10.9. The molecule has 5 heteroatoms. The summed E-state index contributed by atoms with van der Waals surface area (Å²) in [5, 5.41) is 18.1. The van der Waals surface area contributed by atoms with Gasteiger partial charge >= 0.3 is 0 Å². The molecule has 1 aromatic heterocycles. The van der Waals surface area contributed by atoms with E-state index in [2.05, 4.69) is 19.7 Å². The molecular weight excluding hydrogens is 228 g/mol. The van der Waals surface area contributed by atoms with E-state index in [0.29, 0.717) is 6.04 Å². The lowest BCUT2D eigenvalue weighted by Gasteiger charge is -2.34. The molecule has 1 atom stereocenters. The van der Waals surface area contributed by atoms with E-state index in [1.165, 1.54) is 25.7 Å². The van der Waals surface area contributed by atoms with Crippen LogP contribution in [0.5, 0.6) is 0 Å². The van der Waals surface area contributed by atoms with Gasteiger partial charge in [-0.3, -0.25) is 4.90 Å². The van der Waals surface area contributed by atoms with E-state index in [1.807, 2.05) is 0 Å². The number of aromatic nitrogens is 3. The Labute approximate surface area is 108 Å². The van der Waals surface area contributed by atoms with Crippen LogP contribution in [-0.2, 0) is 19.5 Å². The normalized spacial score (nSPS) is 25.1. The van der Waals surface area contributed by atoms with Gasteiger partial charge in [-0.25, -0.2) is 0 Å². The fraction of sp³-hybridized carbons (Fsp3) is 0.846. The van der Waals surface area contributed by atoms with Gasteiger partial charge in [-0.1, -0.05) is 6.42 Å². The lowest BCUT2D eigenvalue weighted by atomic mass is 10.0. The number of fused-ring (bicyclic) bond motifs is 1. The molecule has 1 aromatic rings. The van der Waals surface area contributed by atoms with Crippen LogP contribution in [0.4, 0.5) is 0 Å². The smallest absolute Gasteiger partial charge is 0.147 e. The lowest BCUT2D eigenvalue weighted by Crippen LogP contribution is -2.41. The van der Waals surface area contributed by atoms with Crippen LogP contribution in [0.1, 0.15) is 43.8 Å². The lowest BCUT2D eigenvalue weighted by molar-refractivity contribution is 0.0807. The molecule has 2 aliphatic heterocycles. The van der Waals surface area contributed by atoms with E-state index in [0.717, 1.165) is 44.1 Å². The van der Waals surface area contributed by atoms with E-state index >= 15 is 0 Å². The van der Waals surface area contributed by atoms with Crippen molar-refractivity contribution in [2.75, 3.05) is 13.2 Å². The summed E-state index contributed by atoms with van der Waals surface area (Å²) in [4.78, 5) is 2.37. The molecule has 3 heterocycles. The van der Waals surface area contributed by atoms with Gasteiger partial charge in [-0.15, -0.1) is 10.2 Å². The fourth-order valence-corrected chi connectivity index (χ4v) is 3.14. The third-order valence-electron chi connectivity index (χ3n) is 4.24. The second-order valence-corrected chi connectivity index (χ2v) is 5.44. The van der Waals surface area contributed by atoms with Gasteiger partial charge < -0.3 is 9.67 Å². The summed E-state index contributed by atoms with van der Waals surface area (Å²) in [6.45, 7) is 3.25. The largest absolute Gasteiger partial charge is 0.395 e. The van der Waals surface area contributed by atoms with Crippen molar-refractivity contribution in [3.8, 4) is 0 Å². The summed E-state index contributed by atoms with van der Waals surface area (Å²) in [7, 11) is 0. The maximum Gasteiger partial charge on any atom is 0.147 e. The van der Waals surface area contributed by atoms with Crippen LogP contribution in [0, 0.1) is 0 Å². The van der Waals surface area contributed by atoms with Gasteiger partial charge in [0.05, 0.1) is 13.2 Å². The Morgan fingerprint density at radius 3 is 2.89 bits per heavy atom. The number of aryl methyl sites for hydroxylation is 1. The van der Waals surface area contributed by atoms with Crippen LogP contribution < -0.4 is 0 Å². The van der Waals surface area contributed by atoms with Crippen molar-refractivity contribution < 1.29 is 5.11 Å². The molecule has 0 amide bonds. The Balaban J connectivity index is 1.73. The van der Waals surface area contributed by atoms with Gasteiger partial charge in [0, 0.05) is 19.0 Å². The average Bonchev–Trinajstić information content (AvgIpc) is 2.83. The van der Waals surface area contributed by atoms with Gasteiger partial charge in [0.2, 0.25) is 0 Å². The number of hydrogen-bond acceptors (Lipinski definition) is 4. The number of rotatable bonds is 3. The third-order valence-corrected chi connectivity index (χ3v) is 4.24. The molecule has 0 radical (unpaired) electrons. The zero-order chi connectivity index (χ0) is 12.4. The highest BCUT2D eigenvalue weighted by molar-refractivity contribution is 4.99. The second kappa shape index (κ2) is 5.36. The SMILES string of the molecule is OCC1CCCCN1Cc1nnc2n1CCCC2. The van der Waals surface area contributed by atoms with E-state index in [9.17, 15) is 5.11 Å². The molecule has 0 aliphatic carbocycles. The summed E-state index contributed by atoms with van der Waals surface area (Å²) >= 11 is 0. The zero-order valence-electron chi connectivity index (χ0n) is 10.9. The van der Waals surface area contributed by atoms with Crippen molar-refractivity contribution in [2.24, 2.45) is 0 Å². The highest BCUT2D eigenvalue weighted by Gasteiger charge is 2.24. The van der Waals surface area contributed by atoms with Crippen molar-refractivity contribution in [3.63, 3.8) is 0 Å². The molecule has 100 valence electrons. The Bertz CT molecular complexity index is 404. The average molecular weight is 250 g/mol. The fourth-order valence-electron chi connectivity index (χ4n) is 3.14. The molecule has 1 fully saturated rings. The number of nitrogens with zero attached hydrogens (tertiary/aromatic N) is 4. The van der Waals surface area contributed by atoms with Crippen LogP contribution in [0.3, 0.4) is 0 Å². The highest BCUT2D eigenvalue weighted by atomic mass is 16.3. The maximum absolute atomic E-state index is 9.44. The number of aliphatic hydroxyl groups is 1. The van der Waals surface area contributed by atoms with E-state index in [-0.39, 0.29) is 6.61 Å². The van der Waals surface area contributed by atoms with E-state index in [1.54, 1.807) is 0 Å². The number of likely N-dealkylation sites (tertiary alicyclic amines) is 1. The molecule has 1 saturated heterocycles. The molecule has 3 rings (SSSR count).